The van der Waals surface area contributed by atoms with Crippen molar-refractivity contribution in [3.63, 3.8) is 0 Å². The minimum Gasteiger partial charge on any atom is -0.449 e. The van der Waals surface area contributed by atoms with Crippen molar-refractivity contribution in [1.29, 1.82) is 0 Å². The summed E-state index contributed by atoms with van der Waals surface area (Å²) in [6, 6.07) is 20.2. The molecule has 1 N–H and O–H groups in total. The van der Waals surface area contributed by atoms with Gasteiger partial charge in [-0.1, -0.05) is 60.7 Å². The Kier molecular flexibility index (Phi) is 5.10. The molecule has 0 amide bonds. The predicted molar refractivity (Wildman–Crippen MR) is 105 cm³/mol. The SMILES string of the molecule is Cc1nc(CN2CCC(C(O)(c3ccccc3)c3ccccc3)CC2)co1. The predicted octanol–water partition coefficient (Wildman–Crippen LogP) is 4.13. The molecule has 0 aliphatic carbocycles. The monoisotopic (exact) mass is 362 g/mol. The van der Waals surface area contributed by atoms with E-state index < -0.39 is 5.60 Å². The van der Waals surface area contributed by atoms with Gasteiger partial charge in [-0.3, -0.25) is 4.90 Å². The van der Waals surface area contributed by atoms with Crippen LogP contribution in [0.2, 0.25) is 0 Å². The summed E-state index contributed by atoms with van der Waals surface area (Å²) in [6.07, 6.45) is 3.62. The highest BCUT2D eigenvalue weighted by Gasteiger charge is 2.41. The fraction of sp³-hybridized carbons (Fsp3) is 0.348. The van der Waals surface area contributed by atoms with Crippen molar-refractivity contribution in [3.8, 4) is 0 Å². The van der Waals surface area contributed by atoms with Gasteiger partial charge < -0.3 is 9.52 Å². The zero-order valence-corrected chi connectivity index (χ0v) is 15.7. The first-order valence-electron chi connectivity index (χ1n) is 9.63. The van der Waals surface area contributed by atoms with Gasteiger partial charge in [-0.05, 0) is 43.0 Å². The molecular formula is C23H26N2O2. The van der Waals surface area contributed by atoms with E-state index in [4.69, 9.17) is 4.42 Å². The summed E-state index contributed by atoms with van der Waals surface area (Å²) in [6.45, 7) is 4.56. The number of aromatic nitrogens is 1. The molecular weight excluding hydrogens is 336 g/mol. The van der Waals surface area contributed by atoms with Crippen LogP contribution in [0.4, 0.5) is 0 Å². The van der Waals surface area contributed by atoms with Gasteiger partial charge in [-0.2, -0.15) is 0 Å². The van der Waals surface area contributed by atoms with E-state index >= 15 is 0 Å². The normalized spacial score (nSPS) is 16.5. The summed E-state index contributed by atoms with van der Waals surface area (Å²) >= 11 is 0. The number of hydrogen-bond acceptors (Lipinski definition) is 4. The molecule has 4 heteroatoms. The van der Waals surface area contributed by atoms with E-state index in [-0.39, 0.29) is 5.92 Å². The van der Waals surface area contributed by atoms with Crippen LogP contribution in [-0.4, -0.2) is 28.1 Å². The van der Waals surface area contributed by atoms with Crippen LogP contribution in [0.25, 0.3) is 0 Å². The first kappa shape index (κ1) is 18.0. The molecule has 4 rings (SSSR count). The highest BCUT2D eigenvalue weighted by Crippen LogP contribution is 2.41. The molecule has 1 aliphatic rings. The minimum absolute atomic E-state index is 0.178. The van der Waals surface area contributed by atoms with Crippen molar-refractivity contribution in [2.45, 2.75) is 31.9 Å². The fourth-order valence-corrected chi connectivity index (χ4v) is 4.24. The summed E-state index contributed by atoms with van der Waals surface area (Å²) in [5, 5.41) is 11.9. The lowest BCUT2D eigenvalue weighted by atomic mass is 9.72. The Hall–Kier alpha value is -2.43. The lowest BCUT2D eigenvalue weighted by molar-refractivity contribution is -0.0154. The van der Waals surface area contributed by atoms with Gasteiger partial charge in [-0.15, -0.1) is 0 Å². The van der Waals surface area contributed by atoms with Gasteiger partial charge in [-0.25, -0.2) is 4.98 Å². The highest BCUT2D eigenvalue weighted by molar-refractivity contribution is 5.37. The van der Waals surface area contributed by atoms with Crippen molar-refractivity contribution in [1.82, 2.24) is 9.88 Å². The van der Waals surface area contributed by atoms with Crippen LogP contribution in [0.15, 0.2) is 71.3 Å². The van der Waals surface area contributed by atoms with E-state index in [2.05, 4.69) is 9.88 Å². The molecule has 1 fully saturated rings. The number of aliphatic hydroxyl groups is 1. The molecule has 1 aliphatic heterocycles. The Bertz CT molecular complexity index is 813. The van der Waals surface area contributed by atoms with E-state index in [1.165, 1.54) is 0 Å². The number of aryl methyl sites for hydroxylation is 1. The molecule has 2 aromatic carbocycles. The fourth-order valence-electron chi connectivity index (χ4n) is 4.24. The third-order valence-electron chi connectivity index (χ3n) is 5.66. The molecule has 0 bridgehead atoms. The van der Waals surface area contributed by atoms with Gasteiger partial charge in [0.2, 0.25) is 0 Å². The van der Waals surface area contributed by atoms with Gasteiger partial charge in [0.05, 0.1) is 5.69 Å². The first-order valence-corrected chi connectivity index (χ1v) is 9.63. The van der Waals surface area contributed by atoms with Crippen LogP contribution >= 0.6 is 0 Å². The van der Waals surface area contributed by atoms with Crippen molar-refractivity contribution in [3.05, 3.63) is 89.6 Å². The Morgan fingerprint density at radius 3 is 2.04 bits per heavy atom. The van der Waals surface area contributed by atoms with Gasteiger partial charge in [0.25, 0.3) is 0 Å². The van der Waals surface area contributed by atoms with E-state index in [0.29, 0.717) is 5.89 Å². The molecule has 0 unspecified atom stereocenters. The van der Waals surface area contributed by atoms with Crippen LogP contribution in [0.1, 0.15) is 35.6 Å². The van der Waals surface area contributed by atoms with Crippen LogP contribution in [0, 0.1) is 12.8 Å². The summed E-state index contributed by atoms with van der Waals surface area (Å²) in [4.78, 5) is 6.80. The Labute approximate surface area is 160 Å². The largest absolute Gasteiger partial charge is 0.449 e. The molecule has 1 saturated heterocycles. The second-order valence-electron chi connectivity index (χ2n) is 7.41. The molecule has 2 heterocycles. The number of benzene rings is 2. The van der Waals surface area contributed by atoms with Gasteiger partial charge in [0, 0.05) is 13.5 Å². The smallest absolute Gasteiger partial charge is 0.191 e. The molecule has 0 spiro atoms. The number of oxazole rings is 1. The van der Waals surface area contributed by atoms with Gasteiger partial charge in [0.1, 0.15) is 11.9 Å². The van der Waals surface area contributed by atoms with E-state index in [0.717, 1.165) is 49.3 Å². The summed E-state index contributed by atoms with van der Waals surface area (Å²) in [5.74, 6) is 0.889. The Morgan fingerprint density at radius 1 is 1.00 bits per heavy atom. The molecule has 0 radical (unpaired) electrons. The minimum atomic E-state index is -0.959. The quantitative estimate of drug-likeness (QED) is 0.741. The first-order chi connectivity index (χ1) is 13.2. The Morgan fingerprint density at radius 2 is 1.56 bits per heavy atom. The molecule has 0 atom stereocenters. The van der Waals surface area contributed by atoms with Crippen molar-refractivity contribution in [2.75, 3.05) is 13.1 Å². The van der Waals surface area contributed by atoms with Gasteiger partial charge >= 0.3 is 0 Å². The number of nitrogens with zero attached hydrogens (tertiary/aromatic N) is 2. The van der Waals surface area contributed by atoms with E-state index in [1.54, 1.807) is 6.26 Å². The third-order valence-corrected chi connectivity index (χ3v) is 5.66. The Balaban J connectivity index is 1.54. The van der Waals surface area contributed by atoms with E-state index in [9.17, 15) is 5.11 Å². The van der Waals surface area contributed by atoms with Crippen LogP contribution in [0.3, 0.4) is 0 Å². The number of rotatable bonds is 5. The maximum Gasteiger partial charge on any atom is 0.191 e. The van der Waals surface area contributed by atoms with Gasteiger partial charge in [0.15, 0.2) is 5.89 Å². The van der Waals surface area contributed by atoms with E-state index in [1.807, 2.05) is 67.6 Å². The average Bonchev–Trinajstić information content (AvgIpc) is 3.14. The molecule has 4 nitrogen and oxygen atoms in total. The standard InChI is InChI=1S/C23H26N2O2/c1-18-24-22(17-27-18)16-25-14-12-21(13-15-25)23(26,19-8-4-2-5-9-19)20-10-6-3-7-11-20/h2-11,17,21,26H,12-16H2,1H3. The van der Waals surface area contributed by atoms with Crippen molar-refractivity contribution in [2.24, 2.45) is 5.92 Å². The summed E-state index contributed by atoms with van der Waals surface area (Å²) in [5.41, 5.74) is 1.97. The maximum absolute atomic E-state index is 11.9. The number of likely N-dealkylation sites (tertiary alicyclic amines) is 1. The lowest BCUT2D eigenvalue weighted by Gasteiger charge is -2.42. The number of hydrogen-bond donors (Lipinski definition) is 1. The van der Waals surface area contributed by atoms with Crippen molar-refractivity contribution >= 4 is 0 Å². The number of piperidine rings is 1. The van der Waals surface area contributed by atoms with Crippen LogP contribution < -0.4 is 0 Å². The van der Waals surface area contributed by atoms with Crippen LogP contribution in [0.5, 0.6) is 0 Å². The second kappa shape index (κ2) is 7.67. The summed E-state index contributed by atoms with van der Waals surface area (Å²) in [7, 11) is 0. The second-order valence-corrected chi connectivity index (χ2v) is 7.41. The van der Waals surface area contributed by atoms with Crippen LogP contribution in [-0.2, 0) is 12.1 Å². The molecule has 140 valence electrons. The lowest BCUT2D eigenvalue weighted by Crippen LogP contribution is -2.44. The maximum atomic E-state index is 11.9. The zero-order valence-electron chi connectivity index (χ0n) is 15.7. The molecule has 1 aromatic heterocycles. The van der Waals surface area contributed by atoms with Crippen molar-refractivity contribution < 1.29 is 9.52 Å². The molecule has 0 saturated carbocycles. The molecule has 27 heavy (non-hydrogen) atoms. The zero-order chi connectivity index (χ0) is 18.7. The molecule has 3 aromatic rings. The third kappa shape index (κ3) is 3.68. The topological polar surface area (TPSA) is 49.5 Å². The highest BCUT2D eigenvalue weighted by atomic mass is 16.3. The average molecular weight is 362 g/mol. The summed E-state index contributed by atoms with van der Waals surface area (Å²) < 4.78 is 5.32.